The molecule has 116 valence electrons. The molecule has 0 aliphatic rings. The van der Waals surface area contributed by atoms with E-state index in [0.717, 1.165) is 10.8 Å². The van der Waals surface area contributed by atoms with E-state index < -0.39 is 0 Å². The number of rotatable bonds is 5. The first-order chi connectivity index (χ1) is 10.5. The van der Waals surface area contributed by atoms with Gasteiger partial charge in [0.2, 0.25) is 0 Å². The third-order valence-electron chi connectivity index (χ3n) is 3.13. The highest BCUT2D eigenvalue weighted by Gasteiger charge is 2.14. The van der Waals surface area contributed by atoms with E-state index in [-0.39, 0.29) is 24.5 Å². The molecule has 0 bridgehead atoms. The van der Waals surface area contributed by atoms with Crippen molar-refractivity contribution in [1.29, 1.82) is 0 Å². The number of carbonyl (C=O) groups is 2. The zero-order valence-corrected chi connectivity index (χ0v) is 13.0. The van der Waals surface area contributed by atoms with Gasteiger partial charge in [0, 0.05) is 13.1 Å². The van der Waals surface area contributed by atoms with Gasteiger partial charge < -0.3 is 15.4 Å². The lowest BCUT2D eigenvalue weighted by Gasteiger charge is -2.13. The van der Waals surface area contributed by atoms with E-state index >= 15 is 0 Å². The maximum absolute atomic E-state index is 12.0. The van der Waals surface area contributed by atoms with Crippen molar-refractivity contribution in [3.63, 3.8) is 0 Å². The van der Waals surface area contributed by atoms with Gasteiger partial charge in [-0.3, -0.25) is 9.59 Å². The van der Waals surface area contributed by atoms with Gasteiger partial charge in [-0.2, -0.15) is 0 Å². The molecule has 0 saturated heterocycles. The van der Waals surface area contributed by atoms with Crippen molar-refractivity contribution in [2.24, 2.45) is 0 Å². The van der Waals surface area contributed by atoms with E-state index in [2.05, 4.69) is 10.6 Å². The second kappa shape index (κ2) is 6.93. The Morgan fingerprint density at radius 1 is 1.14 bits per heavy atom. The summed E-state index contributed by atoms with van der Waals surface area (Å²) in [5, 5.41) is 7.23. The number of nitrogens with one attached hydrogen (secondary N) is 2. The molecule has 0 aliphatic heterocycles. The van der Waals surface area contributed by atoms with Gasteiger partial charge in [0.15, 0.2) is 6.61 Å². The summed E-state index contributed by atoms with van der Waals surface area (Å²) >= 11 is 0. The van der Waals surface area contributed by atoms with Gasteiger partial charge in [-0.1, -0.05) is 24.3 Å². The highest BCUT2D eigenvalue weighted by Crippen LogP contribution is 2.26. The molecule has 2 aromatic carbocycles. The minimum absolute atomic E-state index is 0.0473. The van der Waals surface area contributed by atoms with Crippen molar-refractivity contribution in [1.82, 2.24) is 10.6 Å². The number of hydrogen-bond donors (Lipinski definition) is 2. The van der Waals surface area contributed by atoms with Gasteiger partial charge in [0.05, 0.1) is 5.56 Å². The Kier molecular flexibility index (Phi) is 4.99. The summed E-state index contributed by atoms with van der Waals surface area (Å²) in [6, 6.07) is 11.3. The van der Waals surface area contributed by atoms with Crippen molar-refractivity contribution < 1.29 is 14.3 Å². The van der Waals surface area contributed by atoms with Crippen molar-refractivity contribution in [3.8, 4) is 5.75 Å². The normalized spacial score (nSPS) is 10.5. The van der Waals surface area contributed by atoms with Gasteiger partial charge >= 0.3 is 0 Å². The molecule has 5 nitrogen and oxygen atoms in total. The Morgan fingerprint density at radius 2 is 1.77 bits per heavy atom. The predicted octanol–water partition coefficient (Wildman–Crippen LogP) is 2.10. The van der Waals surface area contributed by atoms with Crippen LogP contribution >= 0.6 is 0 Å². The Hall–Kier alpha value is -2.56. The molecule has 0 radical (unpaired) electrons. The summed E-state index contributed by atoms with van der Waals surface area (Å²) in [7, 11) is 1.56. The number of amides is 2. The number of ether oxygens (including phenoxy) is 1. The van der Waals surface area contributed by atoms with Crippen LogP contribution in [0.4, 0.5) is 0 Å². The van der Waals surface area contributed by atoms with Crippen LogP contribution in [0.3, 0.4) is 0 Å². The van der Waals surface area contributed by atoms with Crippen molar-refractivity contribution >= 4 is 22.6 Å². The summed E-state index contributed by atoms with van der Waals surface area (Å²) in [5.41, 5.74) is 0.415. The monoisotopic (exact) mass is 300 g/mol. The third-order valence-corrected chi connectivity index (χ3v) is 3.13. The van der Waals surface area contributed by atoms with Gasteiger partial charge in [-0.25, -0.2) is 0 Å². The van der Waals surface area contributed by atoms with Crippen LogP contribution in [-0.2, 0) is 4.79 Å². The van der Waals surface area contributed by atoms with E-state index in [4.69, 9.17) is 4.74 Å². The van der Waals surface area contributed by atoms with Crippen LogP contribution in [0, 0.1) is 0 Å². The largest absolute Gasteiger partial charge is 0.483 e. The zero-order valence-electron chi connectivity index (χ0n) is 13.0. The molecule has 0 heterocycles. The molecule has 0 atom stereocenters. The molecular weight excluding hydrogens is 280 g/mol. The molecule has 0 fully saturated rings. The second-order valence-corrected chi connectivity index (χ2v) is 5.29. The van der Waals surface area contributed by atoms with Crippen LogP contribution in [0.15, 0.2) is 36.4 Å². The first-order valence-corrected chi connectivity index (χ1v) is 7.18. The maximum atomic E-state index is 12.0. The van der Waals surface area contributed by atoms with Gasteiger partial charge in [0.1, 0.15) is 5.75 Å². The summed E-state index contributed by atoms with van der Waals surface area (Å²) in [5.74, 6) is -0.0620. The molecule has 2 amide bonds. The molecule has 0 unspecified atom stereocenters. The fourth-order valence-corrected chi connectivity index (χ4v) is 2.16. The number of hydrogen-bond acceptors (Lipinski definition) is 3. The third kappa shape index (κ3) is 3.75. The van der Waals surface area contributed by atoms with Crippen LogP contribution < -0.4 is 15.4 Å². The first-order valence-electron chi connectivity index (χ1n) is 7.18. The predicted molar refractivity (Wildman–Crippen MR) is 86.1 cm³/mol. The van der Waals surface area contributed by atoms with E-state index in [1.807, 2.05) is 38.1 Å². The highest BCUT2D eigenvalue weighted by atomic mass is 16.5. The Balaban J connectivity index is 2.29. The van der Waals surface area contributed by atoms with Crippen molar-refractivity contribution in [2.75, 3.05) is 13.7 Å². The van der Waals surface area contributed by atoms with Crippen LogP contribution in [0.2, 0.25) is 0 Å². The lowest BCUT2D eigenvalue weighted by atomic mass is 10.1. The molecule has 2 rings (SSSR count). The molecule has 22 heavy (non-hydrogen) atoms. The SMILES string of the molecule is CNC(=O)c1cc2ccccc2cc1OCC(=O)NC(C)C. The average Bonchev–Trinajstić information content (AvgIpc) is 2.50. The van der Waals surface area contributed by atoms with Crippen molar-refractivity contribution in [3.05, 3.63) is 42.0 Å². The second-order valence-electron chi connectivity index (χ2n) is 5.29. The van der Waals surface area contributed by atoms with Crippen LogP contribution in [-0.4, -0.2) is 31.5 Å². The zero-order chi connectivity index (χ0) is 16.1. The maximum Gasteiger partial charge on any atom is 0.258 e. The quantitative estimate of drug-likeness (QED) is 0.888. The lowest BCUT2D eigenvalue weighted by molar-refractivity contribution is -0.123. The van der Waals surface area contributed by atoms with Gasteiger partial charge in [-0.15, -0.1) is 0 Å². The minimum Gasteiger partial charge on any atom is -0.483 e. The molecule has 0 aromatic heterocycles. The lowest BCUT2D eigenvalue weighted by Crippen LogP contribution is -2.34. The van der Waals surface area contributed by atoms with Crippen LogP contribution in [0.25, 0.3) is 10.8 Å². The molecule has 0 saturated carbocycles. The van der Waals surface area contributed by atoms with Gasteiger partial charge in [0.25, 0.3) is 11.8 Å². The molecule has 0 spiro atoms. The number of benzene rings is 2. The minimum atomic E-state index is -0.245. The Morgan fingerprint density at radius 3 is 2.36 bits per heavy atom. The van der Waals surface area contributed by atoms with E-state index in [9.17, 15) is 9.59 Å². The van der Waals surface area contributed by atoms with Crippen LogP contribution in [0.5, 0.6) is 5.75 Å². The summed E-state index contributed by atoms with van der Waals surface area (Å²) < 4.78 is 5.56. The summed E-state index contributed by atoms with van der Waals surface area (Å²) in [6.07, 6.45) is 0. The number of carbonyl (C=O) groups excluding carboxylic acids is 2. The Labute approximate surface area is 129 Å². The molecule has 0 aliphatic carbocycles. The number of fused-ring (bicyclic) bond motifs is 1. The van der Waals surface area contributed by atoms with E-state index in [1.54, 1.807) is 19.2 Å². The highest BCUT2D eigenvalue weighted by molar-refractivity contribution is 6.01. The molecular formula is C17H20N2O3. The average molecular weight is 300 g/mol. The molecule has 5 heteroatoms. The standard InChI is InChI=1S/C17H20N2O3/c1-11(2)19-16(20)10-22-15-9-13-7-5-4-6-12(13)8-14(15)17(21)18-3/h4-9,11H,10H2,1-3H3,(H,18,21)(H,19,20). The van der Waals surface area contributed by atoms with E-state index in [1.165, 1.54) is 0 Å². The summed E-state index contributed by atoms with van der Waals surface area (Å²) in [4.78, 5) is 23.7. The topological polar surface area (TPSA) is 67.4 Å². The van der Waals surface area contributed by atoms with Crippen LogP contribution in [0.1, 0.15) is 24.2 Å². The van der Waals surface area contributed by atoms with Crippen molar-refractivity contribution in [2.45, 2.75) is 19.9 Å². The smallest absolute Gasteiger partial charge is 0.258 e. The molecule has 2 N–H and O–H groups in total. The fourth-order valence-electron chi connectivity index (χ4n) is 2.16. The summed E-state index contributed by atoms with van der Waals surface area (Å²) in [6.45, 7) is 3.63. The Bertz CT molecular complexity index is 695. The first kappa shape index (κ1) is 15.8. The fraction of sp³-hybridized carbons (Fsp3) is 0.294. The van der Waals surface area contributed by atoms with Gasteiger partial charge in [-0.05, 0) is 36.8 Å². The molecule has 2 aromatic rings. The van der Waals surface area contributed by atoms with E-state index in [0.29, 0.717) is 11.3 Å².